The number of aromatic nitrogens is 2. The van der Waals surface area contributed by atoms with Gasteiger partial charge in [-0.1, -0.05) is 30.3 Å². The first kappa shape index (κ1) is 16.2. The third-order valence-electron chi connectivity index (χ3n) is 4.36. The van der Waals surface area contributed by atoms with Crippen molar-refractivity contribution in [1.29, 1.82) is 0 Å². The number of amides is 1. The predicted molar refractivity (Wildman–Crippen MR) is 97.0 cm³/mol. The SMILES string of the molecule is Cc1cc2ncn(CC(=O)NCCCc3ccccc3)c2cc1C. The molecule has 0 bridgehead atoms. The van der Waals surface area contributed by atoms with E-state index in [1.54, 1.807) is 6.33 Å². The van der Waals surface area contributed by atoms with Gasteiger partial charge in [0.25, 0.3) is 0 Å². The van der Waals surface area contributed by atoms with Crippen LogP contribution in [-0.2, 0) is 17.8 Å². The molecule has 3 aromatic rings. The number of nitrogens with zero attached hydrogens (tertiary/aromatic N) is 2. The van der Waals surface area contributed by atoms with Gasteiger partial charge in [0.2, 0.25) is 5.91 Å². The number of fused-ring (bicyclic) bond motifs is 1. The summed E-state index contributed by atoms with van der Waals surface area (Å²) in [5, 5.41) is 2.99. The molecule has 0 atom stereocenters. The van der Waals surface area contributed by atoms with Crippen molar-refractivity contribution < 1.29 is 4.79 Å². The standard InChI is InChI=1S/C20H23N3O/c1-15-11-18-19(12-16(15)2)23(14-22-18)13-20(24)21-10-6-9-17-7-4-3-5-8-17/h3-5,7-8,11-12,14H,6,9-10,13H2,1-2H3,(H,21,24). The third-order valence-corrected chi connectivity index (χ3v) is 4.36. The quantitative estimate of drug-likeness (QED) is 0.707. The first-order chi connectivity index (χ1) is 11.6. The molecule has 1 N–H and O–H groups in total. The van der Waals surface area contributed by atoms with E-state index in [-0.39, 0.29) is 5.91 Å². The lowest BCUT2D eigenvalue weighted by Gasteiger charge is -2.08. The van der Waals surface area contributed by atoms with Crippen molar-refractivity contribution >= 4 is 16.9 Å². The van der Waals surface area contributed by atoms with Crippen LogP contribution in [0.5, 0.6) is 0 Å². The molecule has 0 unspecified atom stereocenters. The summed E-state index contributed by atoms with van der Waals surface area (Å²) in [7, 11) is 0. The van der Waals surface area contributed by atoms with Gasteiger partial charge in [-0.2, -0.15) is 0 Å². The van der Waals surface area contributed by atoms with Crippen LogP contribution in [0.4, 0.5) is 0 Å². The summed E-state index contributed by atoms with van der Waals surface area (Å²) in [5.74, 6) is 0.0283. The van der Waals surface area contributed by atoms with E-state index in [4.69, 9.17) is 0 Å². The summed E-state index contributed by atoms with van der Waals surface area (Å²) in [6.07, 6.45) is 3.67. The molecule has 0 aliphatic rings. The number of carbonyl (C=O) groups excluding carboxylic acids is 1. The zero-order valence-corrected chi connectivity index (χ0v) is 14.2. The van der Waals surface area contributed by atoms with Crippen LogP contribution in [0, 0.1) is 13.8 Å². The van der Waals surface area contributed by atoms with Crippen molar-refractivity contribution in [3.63, 3.8) is 0 Å². The number of rotatable bonds is 6. The van der Waals surface area contributed by atoms with Gasteiger partial charge in [0.1, 0.15) is 6.54 Å². The molecule has 0 aliphatic carbocycles. The minimum Gasteiger partial charge on any atom is -0.355 e. The number of hydrogen-bond acceptors (Lipinski definition) is 2. The second kappa shape index (κ2) is 7.30. The minimum atomic E-state index is 0.0283. The fourth-order valence-corrected chi connectivity index (χ4v) is 2.81. The third kappa shape index (κ3) is 3.82. The van der Waals surface area contributed by atoms with Crippen molar-refractivity contribution in [1.82, 2.24) is 14.9 Å². The van der Waals surface area contributed by atoms with Gasteiger partial charge in [-0.05, 0) is 55.5 Å². The highest BCUT2D eigenvalue weighted by atomic mass is 16.1. The Morgan fingerprint density at radius 1 is 1.12 bits per heavy atom. The number of hydrogen-bond donors (Lipinski definition) is 1. The summed E-state index contributed by atoms with van der Waals surface area (Å²) in [6.45, 7) is 5.16. The van der Waals surface area contributed by atoms with E-state index in [1.807, 2.05) is 22.8 Å². The van der Waals surface area contributed by atoms with Gasteiger partial charge < -0.3 is 9.88 Å². The number of carbonyl (C=O) groups is 1. The van der Waals surface area contributed by atoms with Crippen molar-refractivity contribution in [2.75, 3.05) is 6.54 Å². The van der Waals surface area contributed by atoms with Crippen LogP contribution in [0.1, 0.15) is 23.1 Å². The average Bonchev–Trinajstić information content (AvgIpc) is 2.95. The molecule has 1 aromatic heterocycles. The summed E-state index contributed by atoms with van der Waals surface area (Å²) < 4.78 is 1.91. The Morgan fingerprint density at radius 2 is 1.88 bits per heavy atom. The first-order valence-corrected chi connectivity index (χ1v) is 8.36. The number of nitrogens with one attached hydrogen (secondary N) is 1. The van der Waals surface area contributed by atoms with Gasteiger partial charge >= 0.3 is 0 Å². The molecule has 0 fully saturated rings. The number of aryl methyl sites for hydroxylation is 3. The van der Waals surface area contributed by atoms with Crippen molar-refractivity contribution in [3.05, 3.63) is 65.5 Å². The van der Waals surface area contributed by atoms with Crippen LogP contribution in [0.15, 0.2) is 48.8 Å². The Balaban J connectivity index is 1.53. The van der Waals surface area contributed by atoms with Crippen molar-refractivity contribution in [2.45, 2.75) is 33.2 Å². The molecule has 24 heavy (non-hydrogen) atoms. The number of benzene rings is 2. The Bertz CT molecular complexity index is 837. The summed E-state index contributed by atoms with van der Waals surface area (Å²) in [6, 6.07) is 14.5. The Hall–Kier alpha value is -2.62. The van der Waals surface area contributed by atoms with Crippen LogP contribution in [-0.4, -0.2) is 22.0 Å². The van der Waals surface area contributed by atoms with Gasteiger partial charge in [-0.25, -0.2) is 4.98 Å². The highest BCUT2D eigenvalue weighted by molar-refractivity contribution is 5.81. The van der Waals surface area contributed by atoms with Crippen LogP contribution >= 0.6 is 0 Å². The molecule has 4 heteroatoms. The Morgan fingerprint density at radius 3 is 2.67 bits per heavy atom. The van der Waals surface area contributed by atoms with E-state index < -0.39 is 0 Å². The second-order valence-electron chi connectivity index (χ2n) is 6.24. The summed E-state index contributed by atoms with van der Waals surface area (Å²) in [5.41, 5.74) is 5.69. The normalized spacial score (nSPS) is 10.9. The zero-order chi connectivity index (χ0) is 16.9. The molecule has 1 amide bonds. The molecule has 0 aliphatic heterocycles. The van der Waals surface area contributed by atoms with E-state index in [0.717, 1.165) is 23.9 Å². The highest BCUT2D eigenvalue weighted by Crippen LogP contribution is 2.18. The van der Waals surface area contributed by atoms with Crippen LogP contribution < -0.4 is 5.32 Å². The van der Waals surface area contributed by atoms with E-state index >= 15 is 0 Å². The molecular formula is C20H23N3O. The maximum Gasteiger partial charge on any atom is 0.239 e. The van der Waals surface area contributed by atoms with Crippen LogP contribution in [0.3, 0.4) is 0 Å². The molecule has 3 rings (SSSR count). The lowest BCUT2D eigenvalue weighted by molar-refractivity contribution is -0.121. The first-order valence-electron chi connectivity index (χ1n) is 8.36. The van der Waals surface area contributed by atoms with Gasteiger partial charge in [-0.15, -0.1) is 0 Å². The van der Waals surface area contributed by atoms with Gasteiger partial charge in [0.05, 0.1) is 17.4 Å². The van der Waals surface area contributed by atoms with Crippen molar-refractivity contribution in [3.8, 4) is 0 Å². The monoisotopic (exact) mass is 321 g/mol. The van der Waals surface area contributed by atoms with Crippen LogP contribution in [0.25, 0.3) is 11.0 Å². The fourth-order valence-electron chi connectivity index (χ4n) is 2.81. The summed E-state index contributed by atoms with van der Waals surface area (Å²) in [4.78, 5) is 16.6. The average molecular weight is 321 g/mol. The predicted octanol–water partition coefficient (Wildman–Crippen LogP) is 3.40. The molecule has 0 radical (unpaired) electrons. The molecule has 1 heterocycles. The molecule has 0 spiro atoms. The van der Waals surface area contributed by atoms with Gasteiger partial charge in [0.15, 0.2) is 0 Å². The van der Waals surface area contributed by atoms with E-state index in [2.05, 4.69) is 48.4 Å². The van der Waals surface area contributed by atoms with Gasteiger partial charge in [0, 0.05) is 6.54 Å². The molecule has 0 saturated carbocycles. The lowest BCUT2D eigenvalue weighted by atomic mass is 10.1. The Labute approximate surface area is 142 Å². The Kier molecular flexibility index (Phi) is 4.94. The van der Waals surface area contributed by atoms with E-state index in [1.165, 1.54) is 16.7 Å². The van der Waals surface area contributed by atoms with E-state index in [0.29, 0.717) is 13.1 Å². The largest absolute Gasteiger partial charge is 0.355 e. The molecular weight excluding hydrogens is 298 g/mol. The molecule has 4 nitrogen and oxygen atoms in total. The smallest absolute Gasteiger partial charge is 0.239 e. The van der Waals surface area contributed by atoms with Gasteiger partial charge in [-0.3, -0.25) is 4.79 Å². The molecule has 2 aromatic carbocycles. The topological polar surface area (TPSA) is 46.9 Å². The number of imidazole rings is 1. The zero-order valence-electron chi connectivity index (χ0n) is 14.2. The fraction of sp³-hybridized carbons (Fsp3) is 0.300. The molecule has 0 saturated heterocycles. The minimum absolute atomic E-state index is 0.0283. The second-order valence-corrected chi connectivity index (χ2v) is 6.24. The summed E-state index contributed by atoms with van der Waals surface area (Å²) >= 11 is 0. The van der Waals surface area contributed by atoms with E-state index in [9.17, 15) is 4.79 Å². The van der Waals surface area contributed by atoms with Crippen LogP contribution in [0.2, 0.25) is 0 Å². The maximum atomic E-state index is 12.2. The highest BCUT2D eigenvalue weighted by Gasteiger charge is 2.08. The van der Waals surface area contributed by atoms with Crippen molar-refractivity contribution in [2.24, 2.45) is 0 Å². The maximum absolute atomic E-state index is 12.2. The molecule has 124 valence electrons. The lowest BCUT2D eigenvalue weighted by Crippen LogP contribution is -2.28.